The molecule has 0 saturated heterocycles. The second kappa shape index (κ2) is 13.2. The first-order valence-electron chi connectivity index (χ1n) is 13.2. The van der Waals surface area contributed by atoms with Crippen LogP contribution in [0.25, 0.3) is 11.1 Å². The predicted molar refractivity (Wildman–Crippen MR) is 167 cm³/mol. The van der Waals surface area contributed by atoms with Gasteiger partial charge >= 0.3 is 0 Å². The van der Waals surface area contributed by atoms with Gasteiger partial charge in [-0.05, 0) is 59.7 Å². The largest absolute Gasteiger partial charge is 0.378 e. The predicted octanol–water partition coefficient (Wildman–Crippen LogP) is 7.63. The van der Waals surface area contributed by atoms with E-state index in [1.807, 2.05) is 159 Å². The fraction of sp³-hybridized carbons (Fsp3) is 0.111. The molecule has 5 aromatic rings. The molecule has 0 N–H and O–H groups in total. The number of carbonyl (C=O) groups excluding carboxylic acids is 2. The smallest absolute Gasteiger partial charge is 0.193 e. The lowest BCUT2D eigenvalue weighted by molar-refractivity contribution is 0.103. The topological polar surface area (TPSA) is 40.6 Å². The number of nitrogens with zero attached hydrogens (tertiary/aromatic N) is 2. The summed E-state index contributed by atoms with van der Waals surface area (Å²) in [6.07, 6.45) is 0. The Hall–Kier alpha value is -4.96. The molecule has 4 nitrogen and oxygen atoms in total. The normalized spacial score (nSPS) is 10.2. The summed E-state index contributed by atoms with van der Waals surface area (Å²) in [6.45, 7) is 0. The first-order chi connectivity index (χ1) is 19.3. The summed E-state index contributed by atoms with van der Waals surface area (Å²) in [5.41, 5.74) is 7.33. The highest BCUT2D eigenvalue weighted by molar-refractivity contribution is 6.09. The van der Waals surface area contributed by atoms with E-state index in [0.29, 0.717) is 11.1 Å². The maximum atomic E-state index is 12.4. The van der Waals surface area contributed by atoms with Crippen LogP contribution in [0.1, 0.15) is 31.8 Å². The molecule has 5 rings (SSSR count). The van der Waals surface area contributed by atoms with Crippen molar-refractivity contribution in [3.05, 3.63) is 156 Å². The van der Waals surface area contributed by atoms with Crippen molar-refractivity contribution in [2.24, 2.45) is 0 Å². The van der Waals surface area contributed by atoms with Crippen LogP contribution in [0.15, 0.2) is 133 Å². The van der Waals surface area contributed by atoms with Crippen molar-refractivity contribution in [3.8, 4) is 11.1 Å². The summed E-state index contributed by atoms with van der Waals surface area (Å²) in [5, 5.41) is 0. The molecule has 4 heteroatoms. The zero-order valence-electron chi connectivity index (χ0n) is 23.4. The molecule has 0 aliphatic carbocycles. The summed E-state index contributed by atoms with van der Waals surface area (Å²) in [5.74, 6) is 0.117. The summed E-state index contributed by atoms with van der Waals surface area (Å²) >= 11 is 0. The number of ketones is 2. The van der Waals surface area contributed by atoms with Gasteiger partial charge in [-0.1, -0.05) is 84.9 Å². The van der Waals surface area contributed by atoms with Crippen LogP contribution < -0.4 is 9.80 Å². The average molecular weight is 527 g/mol. The number of anilines is 2. The molecule has 0 fully saturated rings. The molecule has 0 amide bonds. The second-order valence-electron chi connectivity index (χ2n) is 9.85. The van der Waals surface area contributed by atoms with Gasteiger partial charge in [0.05, 0.1) is 0 Å². The van der Waals surface area contributed by atoms with Crippen LogP contribution in [0.3, 0.4) is 0 Å². The Morgan fingerprint density at radius 2 is 0.675 bits per heavy atom. The maximum Gasteiger partial charge on any atom is 0.193 e. The van der Waals surface area contributed by atoms with Gasteiger partial charge in [0.2, 0.25) is 0 Å². The average Bonchev–Trinajstić information content (AvgIpc) is 3.01. The van der Waals surface area contributed by atoms with E-state index < -0.39 is 0 Å². The second-order valence-corrected chi connectivity index (χ2v) is 9.85. The van der Waals surface area contributed by atoms with Crippen molar-refractivity contribution in [1.29, 1.82) is 0 Å². The van der Waals surface area contributed by atoms with Crippen LogP contribution in [-0.4, -0.2) is 39.8 Å². The molecule has 0 radical (unpaired) electrons. The zero-order chi connectivity index (χ0) is 28.5. The Bertz CT molecular complexity index is 1470. The Morgan fingerprint density at radius 1 is 0.375 bits per heavy atom. The standard InChI is InChI=1S/C19H14O.C17H20N2O/c20-19(17-9-5-2-6-10-17)18-13-11-16(12-14-18)15-7-3-1-4-8-15;1-18(2)15-9-5-13(6-10-15)17(20)14-7-11-16(12-8-14)19(3)4/h1-14H;5-12H,1-4H3. The highest BCUT2D eigenvalue weighted by Crippen LogP contribution is 2.21. The first-order valence-corrected chi connectivity index (χ1v) is 13.2. The van der Waals surface area contributed by atoms with E-state index in [1.54, 1.807) is 0 Å². The van der Waals surface area contributed by atoms with E-state index in [2.05, 4.69) is 12.1 Å². The Morgan fingerprint density at radius 3 is 1.05 bits per heavy atom. The van der Waals surface area contributed by atoms with E-state index in [9.17, 15) is 9.59 Å². The number of rotatable bonds is 7. The first kappa shape index (κ1) is 28.1. The maximum absolute atomic E-state index is 12.4. The van der Waals surface area contributed by atoms with Gasteiger partial charge in [0.25, 0.3) is 0 Å². The van der Waals surface area contributed by atoms with Gasteiger partial charge in [0.15, 0.2) is 11.6 Å². The molecule has 0 spiro atoms. The number of carbonyl (C=O) groups is 2. The van der Waals surface area contributed by atoms with Crippen LogP contribution in [0.2, 0.25) is 0 Å². The summed E-state index contributed by atoms with van der Waals surface area (Å²) in [6, 6.07) is 42.6. The molecule has 0 atom stereocenters. The molecular formula is C36H34N2O2. The monoisotopic (exact) mass is 526 g/mol. The molecule has 0 unspecified atom stereocenters. The number of hydrogen-bond acceptors (Lipinski definition) is 4. The molecule has 0 heterocycles. The molecule has 0 bridgehead atoms. The third-order valence-electron chi connectivity index (χ3n) is 6.58. The van der Waals surface area contributed by atoms with Gasteiger partial charge in [-0.25, -0.2) is 0 Å². The van der Waals surface area contributed by atoms with Crippen molar-refractivity contribution >= 4 is 22.9 Å². The molecule has 5 aromatic carbocycles. The molecule has 200 valence electrons. The molecule has 0 aliphatic rings. The van der Waals surface area contributed by atoms with Crippen LogP contribution in [0.4, 0.5) is 11.4 Å². The molecule has 0 aromatic heterocycles. The minimum absolute atomic E-state index is 0.0561. The Balaban J connectivity index is 0.000000185. The van der Waals surface area contributed by atoms with Crippen molar-refractivity contribution in [1.82, 2.24) is 0 Å². The molecule has 0 aliphatic heterocycles. The number of hydrogen-bond donors (Lipinski definition) is 0. The SMILES string of the molecule is CN(C)c1ccc(C(=O)c2ccc(N(C)C)cc2)cc1.O=C(c1ccccc1)c1ccc(-c2ccccc2)cc1. The van der Waals surface area contributed by atoms with Gasteiger partial charge in [0.1, 0.15) is 0 Å². The van der Waals surface area contributed by atoms with Gasteiger partial charge in [-0.3, -0.25) is 9.59 Å². The summed E-state index contributed by atoms with van der Waals surface area (Å²) in [7, 11) is 7.93. The van der Waals surface area contributed by atoms with E-state index in [4.69, 9.17) is 0 Å². The van der Waals surface area contributed by atoms with Crippen LogP contribution in [0.5, 0.6) is 0 Å². The van der Waals surface area contributed by atoms with Crippen molar-refractivity contribution in [2.45, 2.75) is 0 Å². The lowest BCUT2D eigenvalue weighted by Crippen LogP contribution is -2.10. The van der Waals surface area contributed by atoms with Crippen LogP contribution in [0, 0.1) is 0 Å². The van der Waals surface area contributed by atoms with E-state index in [1.165, 1.54) is 0 Å². The van der Waals surface area contributed by atoms with Crippen molar-refractivity contribution < 1.29 is 9.59 Å². The highest BCUT2D eigenvalue weighted by Gasteiger charge is 2.10. The fourth-order valence-electron chi connectivity index (χ4n) is 4.19. The van der Waals surface area contributed by atoms with Crippen LogP contribution >= 0.6 is 0 Å². The summed E-state index contributed by atoms with van der Waals surface area (Å²) < 4.78 is 0. The van der Waals surface area contributed by atoms with Gasteiger partial charge < -0.3 is 9.80 Å². The Kier molecular flexibility index (Phi) is 9.27. The third-order valence-corrected chi connectivity index (χ3v) is 6.58. The summed E-state index contributed by atoms with van der Waals surface area (Å²) in [4.78, 5) is 28.7. The van der Waals surface area contributed by atoms with Gasteiger partial charge in [0, 0.05) is 61.8 Å². The lowest BCUT2D eigenvalue weighted by atomic mass is 9.99. The van der Waals surface area contributed by atoms with Gasteiger partial charge in [-0.15, -0.1) is 0 Å². The van der Waals surface area contributed by atoms with Gasteiger partial charge in [-0.2, -0.15) is 0 Å². The molecule has 0 saturated carbocycles. The third kappa shape index (κ3) is 7.12. The van der Waals surface area contributed by atoms with E-state index in [-0.39, 0.29) is 11.6 Å². The fourth-order valence-corrected chi connectivity index (χ4v) is 4.19. The minimum atomic E-state index is 0.0561. The lowest BCUT2D eigenvalue weighted by Gasteiger charge is -2.13. The molecular weight excluding hydrogens is 492 g/mol. The zero-order valence-corrected chi connectivity index (χ0v) is 23.4. The van der Waals surface area contributed by atoms with E-state index in [0.717, 1.165) is 33.6 Å². The number of benzene rings is 5. The quantitative estimate of drug-likeness (QED) is 0.204. The van der Waals surface area contributed by atoms with E-state index >= 15 is 0 Å². The van der Waals surface area contributed by atoms with Crippen LogP contribution in [-0.2, 0) is 0 Å². The highest BCUT2D eigenvalue weighted by atomic mass is 16.1. The Labute approximate surface area is 237 Å². The minimum Gasteiger partial charge on any atom is -0.378 e. The van der Waals surface area contributed by atoms with Crippen molar-refractivity contribution in [3.63, 3.8) is 0 Å². The van der Waals surface area contributed by atoms with Crippen molar-refractivity contribution in [2.75, 3.05) is 38.0 Å². The molecule has 40 heavy (non-hydrogen) atoms.